The minimum absolute atomic E-state index is 0.439. The van der Waals surface area contributed by atoms with Gasteiger partial charge >= 0.3 is 0 Å². The van der Waals surface area contributed by atoms with Crippen molar-refractivity contribution in [2.45, 2.75) is 12.5 Å². The highest BCUT2D eigenvalue weighted by Gasteiger charge is 2.28. The zero-order chi connectivity index (χ0) is 17.5. The summed E-state index contributed by atoms with van der Waals surface area (Å²) in [6, 6.07) is 16.1. The lowest BCUT2D eigenvalue weighted by Gasteiger charge is -2.37. The van der Waals surface area contributed by atoms with Gasteiger partial charge in [-0.1, -0.05) is 18.2 Å². The van der Waals surface area contributed by atoms with E-state index in [2.05, 4.69) is 64.7 Å². The highest BCUT2D eigenvalue weighted by Crippen LogP contribution is 2.39. The molecule has 2 aromatic carbocycles. The summed E-state index contributed by atoms with van der Waals surface area (Å²) in [4.78, 5) is 4.97. The van der Waals surface area contributed by atoms with Gasteiger partial charge in [0.15, 0.2) is 0 Å². The largest absolute Gasteiger partial charge is 0.378 e. The van der Waals surface area contributed by atoms with Gasteiger partial charge in [-0.05, 0) is 58.8 Å². The summed E-state index contributed by atoms with van der Waals surface area (Å²) in [5, 5.41) is 3.55. The highest BCUT2D eigenvalue weighted by molar-refractivity contribution is 7.17. The van der Waals surface area contributed by atoms with Crippen LogP contribution in [0.25, 0.3) is 10.1 Å². The van der Waals surface area contributed by atoms with Crippen LogP contribution in [0.3, 0.4) is 0 Å². The molecule has 5 rings (SSSR count). The van der Waals surface area contributed by atoms with E-state index in [9.17, 15) is 0 Å². The van der Waals surface area contributed by atoms with Gasteiger partial charge in [-0.2, -0.15) is 0 Å². The van der Waals surface area contributed by atoms with E-state index in [0.29, 0.717) is 5.92 Å². The number of hydrogen-bond acceptors (Lipinski definition) is 4. The third kappa shape index (κ3) is 2.82. The Morgan fingerprint density at radius 1 is 1.08 bits per heavy atom. The van der Waals surface area contributed by atoms with Crippen molar-refractivity contribution in [2.24, 2.45) is 0 Å². The second-order valence-electron chi connectivity index (χ2n) is 7.41. The second kappa shape index (κ2) is 6.69. The number of ether oxygens (including phenoxy) is 1. The van der Waals surface area contributed by atoms with Crippen LogP contribution in [0.2, 0.25) is 0 Å². The Balaban J connectivity index is 1.59. The predicted molar refractivity (Wildman–Crippen MR) is 109 cm³/mol. The fourth-order valence-electron chi connectivity index (χ4n) is 4.42. The average molecular weight is 365 g/mol. The number of rotatable bonds is 2. The Bertz CT molecular complexity index is 929. The number of benzene rings is 2. The maximum atomic E-state index is 5.56. The minimum Gasteiger partial charge on any atom is -0.378 e. The molecular weight excluding hydrogens is 340 g/mol. The van der Waals surface area contributed by atoms with E-state index in [1.54, 1.807) is 0 Å². The fraction of sp³-hybridized carbons (Fsp3) is 0.364. The van der Waals surface area contributed by atoms with Crippen LogP contribution in [0.4, 0.5) is 5.69 Å². The molecule has 0 bridgehead atoms. The number of likely N-dealkylation sites (N-methyl/N-ethyl adjacent to an activating group) is 1. The molecule has 3 heterocycles. The van der Waals surface area contributed by atoms with Gasteiger partial charge in [0.1, 0.15) is 0 Å². The molecule has 1 saturated heterocycles. The van der Waals surface area contributed by atoms with E-state index in [1.165, 1.54) is 32.5 Å². The molecule has 26 heavy (non-hydrogen) atoms. The normalized spacial score (nSPS) is 21.1. The first-order valence-corrected chi connectivity index (χ1v) is 10.3. The summed E-state index contributed by atoms with van der Waals surface area (Å²) in [6.07, 6.45) is 0. The van der Waals surface area contributed by atoms with Crippen molar-refractivity contribution in [2.75, 3.05) is 44.8 Å². The van der Waals surface area contributed by atoms with Crippen LogP contribution in [-0.4, -0.2) is 44.8 Å². The van der Waals surface area contributed by atoms with Gasteiger partial charge in [-0.25, -0.2) is 0 Å². The monoisotopic (exact) mass is 364 g/mol. The van der Waals surface area contributed by atoms with Gasteiger partial charge in [0.25, 0.3) is 0 Å². The van der Waals surface area contributed by atoms with Crippen LogP contribution in [0, 0.1) is 0 Å². The molecule has 0 spiro atoms. The van der Waals surface area contributed by atoms with E-state index in [1.807, 2.05) is 11.3 Å². The van der Waals surface area contributed by atoms with Crippen LogP contribution in [-0.2, 0) is 11.3 Å². The molecule has 0 N–H and O–H groups in total. The third-order valence-electron chi connectivity index (χ3n) is 5.72. The van der Waals surface area contributed by atoms with Crippen molar-refractivity contribution in [1.82, 2.24) is 4.90 Å². The van der Waals surface area contributed by atoms with Crippen molar-refractivity contribution in [3.05, 3.63) is 64.5 Å². The molecule has 1 fully saturated rings. The average Bonchev–Trinajstić information content (AvgIpc) is 3.15. The molecule has 134 valence electrons. The fourth-order valence-corrected chi connectivity index (χ4v) is 5.19. The van der Waals surface area contributed by atoms with E-state index in [4.69, 9.17) is 4.74 Å². The molecular formula is C22H24N2OS. The number of nitrogens with zero attached hydrogens (tertiary/aromatic N) is 2. The molecule has 3 aromatic rings. The van der Waals surface area contributed by atoms with Gasteiger partial charge in [-0.15, -0.1) is 11.3 Å². The van der Waals surface area contributed by atoms with Crippen molar-refractivity contribution in [3.8, 4) is 0 Å². The second-order valence-corrected chi connectivity index (χ2v) is 8.36. The lowest BCUT2D eigenvalue weighted by atomic mass is 9.83. The van der Waals surface area contributed by atoms with Crippen LogP contribution < -0.4 is 4.90 Å². The molecule has 0 aliphatic carbocycles. The molecule has 0 radical (unpaired) electrons. The molecule has 2 aliphatic rings. The van der Waals surface area contributed by atoms with Crippen molar-refractivity contribution in [3.63, 3.8) is 0 Å². The third-order valence-corrected chi connectivity index (χ3v) is 6.61. The molecule has 1 unspecified atom stereocenters. The van der Waals surface area contributed by atoms with Gasteiger partial charge in [0.05, 0.1) is 13.2 Å². The quantitative estimate of drug-likeness (QED) is 0.674. The Morgan fingerprint density at radius 3 is 2.85 bits per heavy atom. The van der Waals surface area contributed by atoms with Gasteiger partial charge in [0.2, 0.25) is 0 Å². The summed E-state index contributed by atoms with van der Waals surface area (Å²) in [6.45, 7) is 5.75. The number of hydrogen-bond donors (Lipinski definition) is 0. The minimum atomic E-state index is 0.439. The molecule has 3 nitrogen and oxygen atoms in total. The van der Waals surface area contributed by atoms with Crippen molar-refractivity contribution in [1.29, 1.82) is 0 Å². The van der Waals surface area contributed by atoms with Crippen molar-refractivity contribution < 1.29 is 4.74 Å². The van der Waals surface area contributed by atoms with Gasteiger partial charge in [-0.3, -0.25) is 0 Å². The Hall–Kier alpha value is -1.88. The summed E-state index contributed by atoms with van der Waals surface area (Å²) < 4.78 is 6.93. The van der Waals surface area contributed by atoms with Crippen LogP contribution in [0.15, 0.2) is 47.8 Å². The first-order chi connectivity index (χ1) is 12.8. The smallest absolute Gasteiger partial charge is 0.0642 e. The van der Waals surface area contributed by atoms with Crippen molar-refractivity contribution >= 4 is 27.1 Å². The molecule has 1 atom stereocenters. The molecule has 0 saturated carbocycles. The van der Waals surface area contributed by atoms with E-state index in [-0.39, 0.29) is 0 Å². The molecule has 2 aliphatic heterocycles. The zero-order valence-corrected chi connectivity index (χ0v) is 16.0. The standard InChI is InChI=1S/C22H24N2OS/c1-23-14-19(16-5-6-22-17(13-16)7-12-26-22)18-3-2-4-21(20(18)15-23)24-8-10-25-11-9-24/h2-7,12-13,19H,8-11,14-15H2,1H3. The van der Waals surface area contributed by atoms with E-state index >= 15 is 0 Å². The summed E-state index contributed by atoms with van der Waals surface area (Å²) >= 11 is 1.82. The first-order valence-electron chi connectivity index (χ1n) is 9.40. The van der Waals surface area contributed by atoms with Gasteiger partial charge < -0.3 is 14.5 Å². The van der Waals surface area contributed by atoms with Crippen LogP contribution >= 0.6 is 11.3 Å². The SMILES string of the molecule is CN1Cc2c(cccc2N2CCOCC2)C(c2ccc3sccc3c2)C1. The highest BCUT2D eigenvalue weighted by atomic mass is 32.1. The molecule has 4 heteroatoms. The van der Waals surface area contributed by atoms with Gasteiger partial charge in [0, 0.05) is 42.5 Å². The van der Waals surface area contributed by atoms with E-state index in [0.717, 1.165) is 39.4 Å². The lowest BCUT2D eigenvalue weighted by molar-refractivity contribution is 0.122. The van der Waals surface area contributed by atoms with E-state index < -0.39 is 0 Å². The summed E-state index contributed by atoms with van der Waals surface area (Å²) in [7, 11) is 2.25. The number of morpholine rings is 1. The number of anilines is 1. The predicted octanol–water partition coefficient (Wildman–Crippen LogP) is 4.32. The Kier molecular flexibility index (Phi) is 4.20. The molecule has 1 aromatic heterocycles. The Morgan fingerprint density at radius 2 is 1.96 bits per heavy atom. The molecule has 0 amide bonds. The topological polar surface area (TPSA) is 15.7 Å². The lowest BCUT2D eigenvalue weighted by Crippen LogP contribution is -2.39. The van der Waals surface area contributed by atoms with Crippen LogP contribution in [0.5, 0.6) is 0 Å². The number of thiophene rings is 1. The summed E-state index contributed by atoms with van der Waals surface area (Å²) in [5.74, 6) is 0.439. The zero-order valence-electron chi connectivity index (χ0n) is 15.1. The maximum absolute atomic E-state index is 5.56. The maximum Gasteiger partial charge on any atom is 0.0642 e. The summed E-state index contributed by atoms with van der Waals surface area (Å²) in [5.41, 5.74) is 5.84. The Labute approximate surface area is 158 Å². The number of fused-ring (bicyclic) bond motifs is 2. The van der Waals surface area contributed by atoms with Crippen LogP contribution in [0.1, 0.15) is 22.6 Å². The first kappa shape index (κ1) is 16.3.